The first-order chi connectivity index (χ1) is 6.93. The molecule has 1 aromatic rings. The van der Waals surface area contributed by atoms with Crippen LogP contribution in [-0.2, 0) is 4.79 Å². The van der Waals surface area contributed by atoms with Crippen molar-refractivity contribution in [2.45, 2.75) is 12.5 Å². The van der Waals surface area contributed by atoms with Crippen LogP contribution in [-0.4, -0.2) is 21.3 Å². The first kappa shape index (κ1) is 11.8. The molecule has 0 heterocycles. The summed E-state index contributed by atoms with van der Waals surface area (Å²) in [4.78, 5) is 10.5. The van der Waals surface area contributed by atoms with E-state index in [2.05, 4.69) is 15.9 Å². The quantitative estimate of drug-likeness (QED) is 0.623. The standard InChI is InChI=1S/C9H10BrNO4/c10-4-1-2-6(12)9(15)8(4)5(11)3-7(13)14/h1-2,5,12,15H,3,11H2,(H,13,14). The van der Waals surface area contributed by atoms with Gasteiger partial charge in [0.2, 0.25) is 0 Å². The summed E-state index contributed by atoms with van der Waals surface area (Å²) in [6.45, 7) is 0. The predicted molar refractivity (Wildman–Crippen MR) is 56.7 cm³/mol. The first-order valence-corrected chi connectivity index (χ1v) is 4.90. The molecule has 0 bridgehead atoms. The zero-order chi connectivity index (χ0) is 11.6. The van der Waals surface area contributed by atoms with Crippen molar-refractivity contribution in [3.05, 3.63) is 22.2 Å². The van der Waals surface area contributed by atoms with Gasteiger partial charge in [0, 0.05) is 16.1 Å². The minimum Gasteiger partial charge on any atom is -0.504 e. The Morgan fingerprint density at radius 3 is 2.60 bits per heavy atom. The fourth-order valence-electron chi connectivity index (χ4n) is 1.21. The Hall–Kier alpha value is -1.27. The Balaban J connectivity index is 3.12. The van der Waals surface area contributed by atoms with Gasteiger partial charge in [-0.05, 0) is 12.1 Å². The van der Waals surface area contributed by atoms with E-state index in [0.29, 0.717) is 4.47 Å². The number of halogens is 1. The molecule has 0 saturated heterocycles. The number of carbonyl (C=O) groups is 1. The van der Waals surface area contributed by atoms with Gasteiger partial charge >= 0.3 is 5.97 Å². The van der Waals surface area contributed by atoms with Gasteiger partial charge in [0.05, 0.1) is 6.42 Å². The summed E-state index contributed by atoms with van der Waals surface area (Å²) in [6, 6.07) is 1.91. The Bertz CT molecular complexity index is 394. The molecule has 1 rings (SSSR count). The summed E-state index contributed by atoms with van der Waals surface area (Å²) < 4.78 is 0.464. The van der Waals surface area contributed by atoms with Crippen LogP contribution in [0.25, 0.3) is 0 Å². The monoisotopic (exact) mass is 275 g/mol. The van der Waals surface area contributed by atoms with Crippen molar-refractivity contribution in [2.24, 2.45) is 5.73 Å². The second kappa shape index (κ2) is 4.50. The van der Waals surface area contributed by atoms with E-state index >= 15 is 0 Å². The molecule has 0 aromatic heterocycles. The van der Waals surface area contributed by atoms with Crippen molar-refractivity contribution >= 4 is 21.9 Å². The lowest BCUT2D eigenvalue weighted by Crippen LogP contribution is -2.15. The Morgan fingerprint density at radius 2 is 2.07 bits per heavy atom. The number of aromatic hydroxyl groups is 2. The van der Waals surface area contributed by atoms with Crippen molar-refractivity contribution in [3.63, 3.8) is 0 Å². The van der Waals surface area contributed by atoms with Gasteiger partial charge in [-0.1, -0.05) is 15.9 Å². The number of phenols is 2. The highest BCUT2D eigenvalue weighted by Crippen LogP contribution is 2.38. The summed E-state index contributed by atoms with van der Waals surface area (Å²) >= 11 is 3.13. The zero-order valence-corrected chi connectivity index (χ0v) is 9.23. The highest BCUT2D eigenvalue weighted by atomic mass is 79.9. The van der Waals surface area contributed by atoms with Gasteiger partial charge < -0.3 is 21.1 Å². The second-order valence-corrected chi connectivity index (χ2v) is 3.89. The number of nitrogens with two attached hydrogens (primary N) is 1. The number of carboxylic acids is 1. The van der Waals surface area contributed by atoms with E-state index in [4.69, 9.17) is 10.8 Å². The van der Waals surface area contributed by atoms with E-state index in [1.54, 1.807) is 0 Å². The first-order valence-electron chi connectivity index (χ1n) is 4.11. The molecule has 82 valence electrons. The molecular weight excluding hydrogens is 266 g/mol. The van der Waals surface area contributed by atoms with E-state index in [1.807, 2.05) is 0 Å². The number of benzene rings is 1. The topological polar surface area (TPSA) is 104 Å². The third-order valence-electron chi connectivity index (χ3n) is 1.91. The third-order valence-corrected chi connectivity index (χ3v) is 2.60. The number of hydrogen-bond acceptors (Lipinski definition) is 4. The van der Waals surface area contributed by atoms with Gasteiger partial charge in [0.25, 0.3) is 0 Å². The van der Waals surface area contributed by atoms with Crippen LogP contribution in [0.15, 0.2) is 16.6 Å². The number of carboxylic acid groups (broad SMARTS) is 1. The van der Waals surface area contributed by atoms with Gasteiger partial charge in [-0.25, -0.2) is 0 Å². The number of aliphatic carboxylic acids is 1. The Kier molecular flexibility index (Phi) is 3.54. The largest absolute Gasteiger partial charge is 0.504 e. The highest BCUT2D eigenvalue weighted by Gasteiger charge is 2.19. The lowest BCUT2D eigenvalue weighted by atomic mass is 10.0. The molecule has 0 aliphatic heterocycles. The minimum atomic E-state index is -1.07. The lowest BCUT2D eigenvalue weighted by molar-refractivity contribution is -0.137. The fourth-order valence-corrected chi connectivity index (χ4v) is 1.83. The van der Waals surface area contributed by atoms with Crippen LogP contribution in [0, 0.1) is 0 Å². The lowest BCUT2D eigenvalue weighted by Gasteiger charge is -2.14. The molecule has 1 unspecified atom stereocenters. The van der Waals surface area contributed by atoms with E-state index in [-0.39, 0.29) is 17.7 Å². The summed E-state index contributed by atoms with van der Waals surface area (Å²) in [5, 5.41) is 27.3. The van der Waals surface area contributed by atoms with Crippen LogP contribution < -0.4 is 5.73 Å². The summed E-state index contributed by atoms with van der Waals surface area (Å²) in [5.41, 5.74) is 5.78. The maximum atomic E-state index is 10.5. The van der Waals surface area contributed by atoms with Crippen LogP contribution in [0.3, 0.4) is 0 Å². The van der Waals surface area contributed by atoms with Gasteiger partial charge in [-0.2, -0.15) is 0 Å². The van der Waals surface area contributed by atoms with Crippen LogP contribution in [0.5, 0.6) is 11.5 Å². The maximum Gasteiger partial charge on any atom is 0.305 e. The normalized spacial score (nSPS) is 12.4. The Labute approximate surface area is 94.3 Å². The van der Waals surface area contributed by atoms with Gasteiger partial charge in [0.1, 0.15) is 0 Å². The molecule has 5 nitrogen and oxygen atoms in total. The average molecular weight is 276 g/mol. The highest BCUT2D eigenvalue weighted by molar-refractivity contribution is 9.10. The van der Waals surface area contributed by atoms with Crippen LogP contribution >= 0.6 is 15.9 Å². The number of rotatable bonds is 3. The fraction of sp³-hybridized carbons (Fsp3) is 0.222. The van der Waals surface area contributed by atoms with Gasteiger partial charge in [-0.15, -0.1) is 0 Å². The Morgan fingerprint density at radius 1 is 1.47 bits per heavy atom. The molecule has 15 heavy (non-hydrogen) atoms. The van der Waals surface area contributed by atoms with Crippen molar-refractivity contribution in [3.8, 4) is 11.5 Å². The van der Waals surface area contributed by atoms with E-state index in [9.17, 15) is 15.0 Å². The number of hydrogen-bond donors (Lipinski definition) is 4. The summed E-state index contributed by atoms with van der Waals surface area (Å²) in [7, 11) is 0. The van der Waals surface area contributed by atoms with Crippen LogP contribution in [0.4, 0.5) is 0 Å². The van der Waals surface area contributed by atoms with Crippen molar-refractivity contribution in [1.82, 2.24) is 0 Å². The van der Waals surface area contributed by atoms with E-state index in [1.165, 1.54) is 12.1 Å². The number of phenolic OH excluding ortho intramolecular Hbond substituents is 2. The van der Waals surface area contributed by atoms with Crippen LogP contribution in [0.1, 0.15) is 18.0 Å². The second-order valence-electron chi connectivity index (χ2n) is 3.03. The summed E-state index contributed by atoms with van der Waals surface area (Å²) in [6.07, 6.45) is -0.324. The molecule has 1 aromatic carbocycles. The third kappa shape index (κ3) is 2.60. The molecule has 0 fully saturated rings. The molecular formula is C9H10BrNO4. The van der Waals surface area contributed by atoms with Crippen molar-refractivity contribution in [2.75, 3.05) is 0 Å². The molecule has 0 spiro atoms. The summed E-state index contributed by atoms with van der Waals surface area (Å²) in [5.74, 6) is -1.79. The minimum absolute atomic E-state index is 0.192. The van der Waals surface area contributed by atoms with E-state index in [0.717, 1.165) is 0 Å². The van der Waals surface area contributed by atoms with Gasteiger partial charge in [-0.3, -0.25) is 4.79 Å². The SMILES string of the molecule is NC(CC(=O)O)c1c(Br)ccc(O)c1O. The average Bonchev–Trinajstić information content (AvgIpc) is 2.11. The molecule has 0 saturated carbocycles. The zero-order valence-electron chi connectivity index (χ0n) is 7.64. The van der Waals surface area contributed by atoms with Crippen molar-refractivity contribution < 1.29 is 20.1 Å². The molecule has 0 aliphatic rings. The molecule has 6 heteroatoms. The molecule has 0 radical (unpaired) electrons. The molecule has 1 atom stereocenters. The van der Waals surface area contributed by atoms with Crippen molar-refractivity contribution in [1.29, 1.82) is 0 Å². The molecule has 5 N–H and O–H groups in total. The van der Waals surface area contributed by atoms with Crippen LogP contribution in [0.2, 0.25) is 0 Å². The predicted octanol–water partition coefficient (Wildman–Crippen LogP) is 1.33. The smallest absolute Gasteiger partial charge is 0.305 e. The van der Waals surface area contributed by atoms with E-state index < -0.39 is 17.8 Å². The molecule has 0 amide bonds. The van der Waals surface area contributed by atoms with Gasteiger partial charge in [0.15, 0.2) is 11.5 Å². The molecule has 0 aliphatic carbocycles. The maximum absolute atomic E-state index is 10.5.